The van der Waals surface area contributed by atoms with Gasteiger partial charge in [0.25, 0.3) is 0 Å². The summed E-state index contributed by atoms with van der Waals surface area (Å²) in [6.45, 7) is 2.97. The van der Waals surface area contributed by atoms with Crippen molar-refractivity contribution in [1.82, 2.24) is 9.78 Å². The first kappa shape index (κ1) is 12.6. The standard InChI is InChI=1S/C13H22N2O2/c1-3-9-15-11(5-8-14-15)12(16)10-13(17-2)6-4-7-13/h5,8,12,16H,3-4,6-7,9-10H2,1-2H3. The van der Waals surface area contributed by atoms with Gasteiger partial charge in [-0.15, -0.1) is 0 Å². The molecule has 4 heteroatoms. The lowest BCUT2D eigenvalue weighted by Crippen LogP contribution is -2.40. The first-order valence-corrected chi connectivity index (χ1v) is 6.46. The molecule has 1 N–H and O–H groups in total. The van der Waals surface area contributed by atoms with Crippen LogP contribution in [0.15, 0.2) is 12.3 Å². The molecular formula is C13H22N2O2. The maximum atomic E-state index is 10.3. The predicted octanol–water partition coefficient (Wildman–Crippen LogP) is 2.29. The number of aromatic nitrogens is 2. The molecular weight excluding hydrogens is 216 g/mol. The number of nitrogens with zero attached hydrogens (tertiary/aromatic N) is 2. The first-order valence-electron chi connectivity index (χ1n) is 6.46. The van der Waals surface area contributed by atoms with Crippen LogP contribution in [0.25, 0.3) is 0 Å². The maximum Gasteiger partial charge on any atom is 0.0984 e. The van der Waals surface area contributed by atoms with E-state index >= 15 is 0 Å². The van der Waals surface area contributed by atoms with Crippen molar-refractivity contribution in [1.29, 1.82) is 0 Å². The Morgan fingerprint density at radius 1 is 1.59 bits per heavy atom. The molecule has 1 saturated carbocycles. The highest BCUT2D eigenvalue weighted by atomic mass is 16.5. The van der Waals surface area contributed by atoms with Gasteiger partial charge in [-0.3, -0.25) is 4.68 Å². The molecule has 1 heterocycles. The number of aryl methyl sites for hydroxylation is 1. The van der Waals surface area contributed by atoms with Crippen molar-refractivity contribution < 1.29 is 9.84 Å². The van der Waals surface area contributed by atoms with Gasteiger partial charge < -0.3 is 9.84 Å². The van der Waals surface area contributed by atoms with E-state index in [1.165, 1.54) is 6.42 Å². The fourth-order valence-electron chi connectivity index (χ4n) is 2.54. The van der Waals surface area contributed by atoms with E-state index in [4.69, 9.17) is 4.74 Å². The van der Waals surface area contributed by atoms with E-state index in [0.717, 1.165) is 31.5 Å². The van der Waals surface area contributed by atoms with E-state index in [1.807, 2.05) is 10.7 Å². The smallest absolute Gasteiger partial charge is 0.0984 e. The van der Waals surface area contributed by atoms with E-state index in [0.29, 0.717) is 6.42 Å². The topological polar surface area (TPSA) is 47.3 Å². The summed E-state index contributed by atoms with van der Waals surface area (Å²) in [5, 5.41) is 14.6. The van der Waals surface area contributed by atoms with Crippen molar-refractivity contribution >= 4 is 0 Å². The van der Waals surface area contributed by atoms with Crippen LogP contribution in [-0.2, 0) is 11.3 Å². The molecule has 1 atom stereocenters. The van der Waals surface area contributed by atoms with Crippen LogP contribution in [0, 0.1) is 0 Å². The monoisotopic (exact) mass is 238 g/mol. The van der Waals surface area contributed by atoms with Crippen LogP contribution in [0.2, 0.25) is 0 Å². The van der Waals surface area contributed by atoms with Crippen LogP contribution in [0.5, 0.6) is 0 Å². The minimum Gasteiger partial charge on any atom is -0.387 e. The van der Waals surface area contributed by atoms with Crippen LogP contribution in [0.3, 0.4) is 0 Å². The number of aliphatic hydroxyl groups excluding tert-OH is 1. The zero-order valence-electron chi connectivity index (χ0n) is 10.7. The van der Waals surface area contributed by atoms with E-state index in [9.17, 15) is 5.11 Å². The average Bonchev–Trinajstić information content (AvgIpc) is 2.72. The van der Waals surface area contributed by atoms with Gasteiger partial charge >= 0.3 is 0 Å². The predicted molar refractivity (Wildman–Crippen MR) is 65.7 cm³/mol. The van der Waals surface area contributed by atoms with Crippen LogP contribution < -0.4 is 0 Å². The number of hydrogen-bond donors (Lipinski definition) is 1. The van der Waals surface area contributed by atoms with Gasteiger partial charge in [-0.1, -0.05) is 6.92 Å². The third-order valence-electron chi connectivity index (χ3n) is 3.79. The Hall–Kier alpha value is -0.870. The summed E-state index contributed by atoms with van der Waals surface area (Å²) in [5.74, 6) is 0. The molecule has 0 aromatic carbocycles. The third-order valence-corrected chi connectivity index (χ3v) is 3.79. The molecule has 0 amide bonds. The fraction of sp³-hybridized carbons (Fsp3) is 0.769. The highest BCUT2D eigenvalue weighted by Crippen LogP contribution is 2.41. The zero-order valence-corrected chi connectivity index (χ0v) is 10.7. The Balaban J connectivity index is 2.03. The Kier molecular flexibility index (Phi) is 3.84. The average molecular weight is 238 g/mol. The number of hydrogen-bond acceptors (Lipinski definition) is 3. The highest BCUT2D eigenvalue weighted by molar-refractivity contribution is 5.07. The van der Waals surface area contributed by atoms with Crippen molar-refractivity contribution in [2.45, 2.75) is 57.3 Å². The molecule has 4 nitrogen and oxygen atoms in total. The number of ether oxygens (including phenoxy) is 1. The Morgan fingerprint density at radius 2 is 2.35 bits per heavy atom. The van der Waals surface area contributed by atoms with Crippen molar-refractivity contribution in [3.05, 3.63) is 18.0 Å². The summed E-state index contributed by atoms with van der Waals surface area (Å²) in [4.78, 5) is 0. The fourth-order valence-corrected chi connectivity index (χ4v) is 2.54. The molecule has 96 valence electrons. The van der Waals surface area contributed by atoms with Gasteiger partial charge in [0, 0.05) is 26.3 Å². The zero-order chi connectivity index (χ0) is 12.3. The SMILES string of the molecule is CCCn1nccc1C(O)CC1(OC)CCC1. The third kappa shape index (κ3) is 2.53. The lowest BCUT2D eigenvalue weighted by Gasteiger charge is -2.41. The van der Waals surface area contributed by atoms with Crippen molar-refractivity contribution in [2.75, 3.05) is 7.11 Å². The largest absolute Gasteiger partial charge is 0.387 e. The summed E-state index contributed by atoms with van der Waals surface area (Å²) < 4.78 is 7.45. The van der Waals surface area contributed by atoms with Gasteiger partial charge in [0.2, 0.25) is 0 Å². The number of rotatable bonds is 6. The first-order chi connectivity index (χ1) is 8.21. The van der Waals surface area contributed by atoms with Gasteiger partial charge in [-0.05, 0) is 31.7 Å². The lowest BCUT2D eigenvalue weighted by molar-refractivity contribution is -0.101. The highest BCUT2D eigenvalue weighted by Gasteiger charge is 2.39. The van der Waals surface area contributed by atoms with E-state index in [1.54, 1.807) is 13.3 Å². The van der Waals surface area contributed by atoms with Crippen LogP contribution in [0.1, 0.15) is 50.8 Å². The van der Waals surface area contributed by atoms with Crippen molar-refractivity contribution in [3.63, 3.8) is 0 Å². The van der Waals surface area contributed by atoms with Gasteiger partial charge in [0.1, 0.15) is 0 Å². The summed E-state index contributed by atoms with van der Waals surface area (Å²) in [6.07, 6.45) is 6.31. The van der Waals surface area contributed by atoms with Gasteiger partial charge in [-0.25, -0.2) is 0 Å². The second-order valence-corrected chi connectivity index (χ2v) is 4.94. The van der Waals surface area contributed by atoms with Crippen molar-refractivity contribution in [2.24, 2.45) is 0 Å². The molecule has 1 aliphatic carbocycles. The normalized spacial score (nSPS) is 19.9. The van der Waals surface area contributed by atoms with Crippen LogP contribution >= 0.6 is 0 Å². The Morgan fingerprint density at radius 3 is 2.88 bits per heavy atom. The number of methoxy groups -OCH3 is 1. The quantitative estimate of drug-likeness (QED) is 0.827. The summed E-state index contributed by atoms with van der Waals surface area (Å²) in [5.41, 5.74) is 0.816. The minimum absolute atomic E-state index is 0.0965. The Labute approximate surface area is 103 Å². The van der Waals surface area contributed by atoms with Gasteiger partial charge in [0.15, 0.2) is 0 Å². The molecule has 0 aliphatic heterocycles. The second-order valence-electron chi connectivity index (χ2n) is 4.94. The summed E-state index contributed by atoms with van der Waals surface area (Å²) >= 11 is 0. The van der Waals surface area contributed by atoms with Crippen LogP contribution in [0.4, 0.5) is 0 Å². The lowest BCUT2D eigenvalue weighted by atomic mass is 9.76. The summed E-state index contributed by atoms with van der Waals surface area (Å²) in [7, 11) is 1.75. The second kappa shape index (κ2) is 5.19. The molecule has 1 aromatic rings. The number of aliphatic hydroxyl groups is 1. The molecule has 0 radical (unpaired) electrons. The van der Waals surface area contributed by atoms with E-state index in [2.05, 4.69) is 12.0 Å². The molecule has 0 bridgehead atoms. The van der Waals surface area contributed by atoms with E-state index < -0.39 is 6.10 Å². The molecule has 1 aliphatic rings. The Bertz CT molecular complexity index is 353. The maximum absolute atomic E-state index is 10.3. The molecule has 2 rings (SSSR count). The van der Waals surface area contributed by atoms with Gasteiger partial charge in [-0.2, -0.15) is 5.10 Å². The minimum atomic E-state index is -0.468. The molecule has 1 aromatic heterocycles. The molecule has 17 heavy (non-hydrogen) atoms. The molecule has 1 unspecified atom stereocenters. The molecule has 1 fully saturated rings. The van der Waals surface area contributed by atoms with E-state index in [-0.39, 0.29) is 5.60 Å². The molecule has 0 saturated heterocycles. The summed E-state index contributed by atoms with van der Waals surface area (Å²) in [6, 6.07) is 1.91. The van der Waals surface area contributed by atoms with Gasteiger partial charge in [0.05, 0.1) is 17.4 Å². The van der Waals surface area contributed by atoms with Crippen molar-refractivity contribution in [3.8, 4) is 0 Å². The van der Waals surface area contributed by atoms with Crippen LogP contribution in [-0.4, -0.2) is 27.6 Å². The molecule has 0 spiro atoms.